The predicted molar refractivity (Wildman–Crippen MR) is 117 cm³/mol. The fourth-order valence-electron chi connectivity index (χ4n) is 4.11. The van der Waals surface area contributed by atoms with Crippen LogP contribution in [0.25, 0.3) is 0 Å². The Morgan fingerprint density at radius 2 is 2.00 bits per heavy atom. The number of anilines is 1. The maximum Gasteiger partial charge on any atom is 0.475 e. The second-order valence-electron chi connectivity index (χ2n) is 9.40. The molecule has 2 aliphatic rings. The molecule has 2 fully saturated rings. The smallest absolute Gasteiger partial charge is 0.426 e. The van der Waals surface area contributed by atoms with Gasteiger partial charge in [0.05, 0.1) is 12.0 Å². The lowest BCUT2D eigenvalue weighted by molar-refractivity contribution is -0.131. The minimum Gasteiger partial charge on any atom is -0.426 e. The molecule has 3 unspecified atom stereocenters. The van der Waals surface area contributed by atoms with Crippen molar-refractivity contribution in [3.8, 4) is 0 Å². The van der Waals surface area contributed by atoms with Crippen molar-refractivity contribution < 1.29 is 19.6 Å². The number of carbonyl (C=O) groups excluding carboxylic acids is 2. The van der Waals surface area contributed by atoms with E-state index in [1.165, 1.54) is 0 Å². The van der Waals surface area contributed by atoms with Gasteiger partial charge in [0, 0.05) is 25.1 Å². The van der Waals surface area contributed by atoms with Crippen LogP contribution in [0.4, 0.5) is 5.82 Å². The normalized spacial score (nSPS) is 20.5. The van der Waals surface area contributed by atoms with Crippen LogP contribution in [0, 0.1) is 24.7 Å². The average molecular weight is 415 g/mol. The zero-order valence-electron chi connectivity index (χ0n) is 18.3. The van der Waals surface area contributed by atoms with Crippen molar-refractivity contribution in [2.24, 2.45) is 17.8 Å². The summed E-state index contributed by atoms with van der Waals surface area (Å²) in [5, 5.41) is 22.1. The highest BCUT2D eigenvalue weighted by Gasteiger charge is 2.39. The number of carbonyl (C=O) groups is 2. The van der Waals surface area contributed by atoms with Crippen LogP contribution in [0.5, 0.6) is 0 Å². The zero-order chi connectivity index (χ0) is 21.8. The molecule has 3 atom stereocenters. The zero-order valence-corrected chi connectivity index (χ0v) is 18.3. The van der Waals surface area contributed by atoms with E-state index in [-0.39, 0.29) is 30.1 Å². The molecule has 8 heteroatoms. The Hall–Kier alpha value is -1.93. The number of aryl methyl sites for hydroxylation is 1. The van der Waals surface area contributed by atoms with Gasteiger partial charge in [-0.05, 0) is 49.7 Å². The maximum atomic E-state index is 13.0. The lowest BCUT2D eigenvalue weighted by Gasteiger charge is -2.41. The predicted octanol–water partition coefficient (Wildman–Crippen LogP) is 1.89. The van der Waals surface area contributed by atoms with Crippen molar-refractivity contribution in [1.29, 1.82) is 0 Å². The number of pyridine rings is 1. The molecule has 1 amide bonds. The maximum absolute atomic E-state index is 13.0. The molecule has 3 rings (SSSR count). The first-order valence-electron chi connectivity index (χ1n) is 11.1. The molecule has 0 aromatic carbocycles. The second kappa shape index (κ2) is 9.92. The summed E-state index contributed by atoms with van der Waals surface area (Å²) in [5.41, 5.74) is 1.07. The quantitative estimate of drug-likeness (QED) is 0.477. The van der Waals surface area contributed by atoms with Crippen LogP contribution >= 0.6 is 0 Å². The highest BCUT2D eigenvalue weighted by atomic mass is 16.4. The van der Waals surface area contributed by atoms with E-state index in [4.69, 9.17) is 0 Å². The number of ketones is 1. The molecule has 1 saturated heterocycles. The fourth-order valence-corrected chi connectivity index (χ4v) is 4.11. The van der Waals surface area contributed by atoms with Crippen molar-refractivity contribution in [2.45, 2.75) is 71.3 Å². The van der Waals surface area contributed by atoms with Crippen LogP contribution in [0.3, 0.4) is 0 Å². The molecule has 1 aromatic heterocycles. The highest BCUT2D eigenvalue weighted by molar-refractivity contribution is 6.43. The molecular weight excluding hydrogens is 381 g/mol. The van der Waals surface area contributed by atoms with E-state index < -0.39 is 19.0 Å². The number of hydrogen-bond acceptors (Lipinski definition) is 6. The molecule has 7 nitrogen and oxygen atoms in total. The van der Waals surface area contributed by atoms with Crippen LogP contribution in [0.1, 0.15) is 57.9 Å². The Morgan fingerprint density at radius 1 is 1.27 bits per heavy atom. The Morgan fingerprint density at radius 3 is 2.50 bits per heavy atom. The molecule has 1 aliphatic carbocycles. The monoisotopic (exact) mass is 415 g/mol. The van der Waals surface area contributed by atoms with Gasteiger partial charge < -0.3 is 20.3 Å². The SMILES string of the molecule is Cc1ccc(N2CCC2C(=O)CC(CC2CC2)C(=O)NC(CC(C)C)B(O)O)nc1. The molecule has 1 saturated carbocycles. The number of amides is 1. The van der Waals surface area contributed by atoms with Gasteiger partial charge in [-0.25, -0.2) is 4.98 Å². The summed E-state index contributed by atoms with van der Waals surface area (Å²) < 4.78 is 0. The lowest BCUT2D eigenvalue weighted by atomic mass is 9.74. The number of hydrogen-bond donors (Lipinski definition) is 3. The van der Waals surface area contributed by atoms with E-state index in [0.29, 0.717) is 18.8 Å². The molecule has 164 valence electrons. The van der Waals surface area contributed by atoms with Crippen molar-refractivity contribution in [3.05, 3.63) is 23.9 Å². The van der Waals surface area contributed by atoms with Crippen LogP contribution in [-0.2, 0) is 9.59 Å². The number of aromatic nitrogens is 1. The number of Topliss-reactive ketones (excluding diaryl/α,β-unsaturated/α-hetero) is 1. The highest BCUT2D eigenvalue weighted by Crippen LogP contribution is 2.37. The van der Waals surface area contributed by atoms with Gasteiger partial charge in [-0.2, -0.15) is 0 Å². The molecule has 0 spiro atoms. The van der Waals surface area contributed by atoms with Gasteiger partial charge in [0.2, 0.25) is 5.91 Å². The summed E-state index contributed by atoms with van der Waals surface area (Å²) in [6.45, 7) is 6.71. The summed E-state index contributed by atoms with van der Waals surface area (Å²) in [5.74, 6) is 0.188. The van der Waals surface area contributed by atoms with Gasteiger partial charge in [-0.15, -0.1) is 0 Å². The van der Waals surface area contributed by atoms with Crippen molar-refractivity contribution in [2.75, 3.05) is 11.4 Å². The summed E-state index contributed by atoms with van der Waals surface area (Å²) in [6.07, 6.45) is 6.11. The Kier molecular flexibility index (Phi) is 7.52. The first-order valence-corrected chi connectivity index (χ1v) is 11.1. The Bertz CT molecular complexity index is 736. The summed E-state index contributed by atoms with van der Waals surface area (Å²) >= 11 is 0. The molecule has 2 heterocycles. The molecular formula is C22H34BN3O4. The van der Waals surface area contributed by atoms with E-state index in [0.717, 1.165) is 37.2 Å². The Labute approximate surface area is 179 Å². The van der Waals surface area contributed by atoms with E-state index in [9.17, 15) is 19.6 Å². The second-order valence-corrected chi connectivity index (χ2v) is 9.40. The van der Waals surface area contributed by atoms with Crippen molar-refractivity contribution >= 4 is 24.6 Å². The Balaban J connectivity index is 1.63. The van der Waals surface area contributed by atoms with E-state index in [2.05, 4.69) is 10.3 Å². The summed E-state index contributed by atoms with van der Waals surface area (Å²) in [6, 6.07) is 3.69. The van der Waals surface area contributed by atoms with Crippen LogP contribution < -0.4 is 10.2 Å². The number of nitrogens with zero attached hydrogens (tertiary/aromatic N) is 2. The van der Waals surface area contributed by atoms with Crippen molar-refractivity contribution in [3.63, 3.8) is 0 Å². The lowest BCUT2D eigenvalue weighted by Crippen LogP contribution is -2.54. The minimum atomic E-state index is -1.61. The number of rotatable bonds is 11. The third-order valence-electron chi connectivity index (χ3n) is 6.13. The van der Waals surface area contributed by atoms with Gasteiger partial charge >= 0.3 is 7.12 Å². The van der Waals surface area contributed by atoms with Crippen LogP contribution in [-0.4, -0.2) is 52.4 Å². The van der Waals surface area contributed by atoms with Gasteiger partial charge in [0.15, 0.2) is 5.78 Å². The van der Waals surface area contributed by atoms with E-state index >= 15 is 0 Å². The topological polar surface area (TPSA) is 103 Å². The van der Waals surface area contributed by atoms with Crippen molar-refractivity contribution in [1.82, 2.24) is 10.3 Å². The standard InChI is InChI=1S/C22H34BN3O4/c1-14(2)10-20(23(29)30)25-22(28)17(11-16-5-6-16)12-19(27)18-8-9-26(18)21-7-4-15(3)13-24-21/h4,7,13-14,16-18,20,29-30H,5-6,8-12H2,1-3H3,(H,25,28). The average Bonchev–Trinajstić information content (AvgIpc) is 3.45. The van der Waals surface area contributed by atoms with Gasteiger partial charge in [0.1, 0.15) is 5.82 Å². The molecule has 0 bridgehead atoms. The molecule has 1 aliphatic heterocycles. The minimum absolute atomic E-state index is 0.0642. The molecule has 1 aromatic rings. The fraction of sp³-hybridized carbons (Fsp3) is 0.682. The van der Waals surface area contributed by atoms with Gasteiger partial charge in [-0.1, -0.05) is 32.8 Å². The van der Waals surface area contributed by atoms with Crippen LogP contribution in [0.15, 0.2) is 18.3 Å². The molecule has 30 heavy (non-hydrogen) atoms. The first kappa shape index (κ1) is 22.8. The number of nitrogens with one attached hydrogen (secondary N) is 1. The molecule has 0 radical (unpaired) electrons. The summed E-state index contributed by atoms with van der Waals surface area (Å²) in [7, 11) is -1.61. The van der Waals surface area contributed by atoms with E-state index in [1.54, 1.807) is 6.20 Å². The largest absolute Gasteiger partial charge is 0.475 e. The third kappa shape index (κ3) is 6.05. The van der Waals surface area contributed by atoms with Crippen LogP contribution in [0.2, 0.25) is 0 Å². The van der Waals surface area contributed by atoms with Gasteiger partial charge in [-0.3, -0.25) is 9.59 Å². The third-order valence-corrected chi connectivity index (χ3v) is 6.13. The van der Waals surface area contributed by atoms with E-state index in [1.807, 2.05) is 37.8 Å². The first-order chi connectivity index (χ1) is 14.2. The summed E-state index contributed by atoms with van der Waals surface area (Å²) in [4.78, 5) is 32.4. The van der Waals surface area contributed by atoms with Gasteiger partial charge in [0.25, 0.3) is 0 Å². The molecule has 3 N–H and O–H groups in total.